The van der Waals surface area contributed by atoms with Gasteiger partial charge in [0.1, 0.15) is 5.82 Å². The van der Waals surface area contributed by atoms with Crippen LogP contribution in [0.5, 0.6) is 0 Å². The number of nitrogens with one attached hydrogen (secondary N) is 1. The molecule has 4 heteroatoms. The maximum atomic E-state index is 12.4. The number of fused-ring (bicyclic) bond motifs is 2. The monoisotopic (exact) mass is 461 g/mol. The molecule has 0 fully saturated rings. The van der Waals surface area contributed by atoms with Crippen LogP contribution in [-0.4, -0.2) is 22.0 Å². The summed E-state index contributed by atoms with van der Waals surface area (Å²) in [5.41, 5.74) is 5.28. The van der Waals surface area contributed by atoms with Gasteiger partial charge in [-0.3, -0.25) is 4.79 Å². The van der Waals surface area contributed by atoms with Gasteiger partial charge >= 0.3 is 0 Å². The van der Waals surface area contributed by atoms with Crippen molar-refractivity contribution in [3.8, 4) is 0 Å². The fourth-order valence-electron chi connectivity index (χ4n) is 4.72. The number of hydrogen-bond donors (Lipinski definition) is 1. The summed E-state index contributed by atoms with van der Waals surface area (Å²) < 4.78 is 2.36. The van der Waals surface area contributed by atoms with E-state index < -0.39 is 0 Å². The third kappa shape index (κ3) is 5.27. The molecule has 1 heterocycles. The zero-order chi connectivity index (χ0) is 24.0. The molecule has 0 atom stereocenters. The number of carbonyl (C=O) groups excluding carboxylic acids is 1. The van der Waals surface area contributed by atoms with E-state index in [-0.39, 0.29) is 5.91 Å². The zero-order valence-electron chi connectivity index (χ0n) is 20.2. The summed E-state index contributed by atoms with van der Waals surface area (Å²) >= 11 is 0. The van der Waals surface area contributed by atoms with Gasteiger partial charge in [0.2, 0.25) is 0 Å². The molecule has 5 rings (SSSR count). The zero-order valence-corrected chi connectivity index (χ0v) is 20.2. The van der Waals surface area contributed by atoms with Gasteiger partial charge in [-0.1, -0.05) is 73.2 Å². The van der Waals surface area contributed by atoms with Gasteiger partial charge in [-0.25, -0.2) is 4.98 Å². The number of unbranched alkanes of at least 4 members (excludes halogenated alkanes) is 2. The molecular weight excluding hydrogens is 430 g/mol. The minimum atomic E-state index is 0.0141. The van der Waals surface area contributed by atoms with Crippen molar-refractivity contribution in [2.45, 2.75) is 39.2 Å². The van der Waals surface area contributed by atoms with Crippen LogP contribution in [0.4, 0.5) is 0 Å². The smallest absolute Gasteiger partial charge is 0.251 e. The summed E-state index contributed by atoms with van der Waals surface area (Å²) in [4.78, 5) is 17.4. The summed E-state index contributed by atoms with van der Waals surface area (Å²) in [6, 6.07) is 31.3. The Kier molecular flexibility index (Phi) is 6.89. The first kappa shape index (κ1) is 22.9. The number of amides is 1. The summed E-state index contributed by atoms with van der Waals surface area (Å²) in [6.07, 6.45) is 3.98. The van der Waals surface area contributed by atoms with Crippen molar-refractivity contribution in [2.75, 3.05) is 6.54 Å². The molecule has 0 aliphatic rings. The van der Waals surface area contributed by atoms with Crippen LogP contribution in [0.15, 0.2) is 91.0 Å². The third-order valence-corrected chi connectivity index (χ3v) is 6.64. The minimum absolute atomic E-state index is 0.0141. The van der Waals surface area contributed by atoms with Crippen molar-refractivity contribution in [3.63, 3.8) is 0 Å². The highest BCUT2D eigenvalue weighted by atomic mass is 16.1. The lowest BCUT2D eigenvalue weighted by molar-refractivity contribution is 0.0952. The van der Waals surface area contributed by atoms with Gasteiger partial charge in [-0.15, -0.1) is 0 Å². The maximum Gasteiger partial charge on any atom is 0.251 e. The molecule has 0 saturated heterocycles. The average Bonchev–Trinajstić information content (AvgIpc) is 3.23. The van der Waals surface area contributed by atoms with Gasteiger partial charge in [-0.2, -0.15) is 0 Å². The normalized spacial score (nSPS) is 11.2. The lowest BCUT2D eigenvalue weighted by atomic mass is 10.1. The first-order chi connectivity index (χ1) is 17.2. The molecule has 0 radical (unpaired) electrons. The lowest BCUT2D eigenvalue weighted by Crippen LogP contribution is -2.25. The predicted octanol–water partition coefficient (Wildman–Crippen LogP) is 6.69. The van der Waals surface area contributed by atoms with Gasteiger partial charge in [0, 0.05) is 25.1 Å². The van der Waals surface area contributed by atoms with E-state index in [1.807, 2.05) is 31.2 Å². The Bertz CT molecular complexity index is 1470. The van der Waals surface area contributed by atoms with Gasteiger partial charge in [-0.05, 0) is 65.9 Å². The molecule has 0 spiro atoms. The molecule has 0 bridgehead atoms. The molecule has 0 aliphatic carbocycles. The van der Waals surface area contributed by atoms with Gasteiger partial charge in [0.15, 0.2) is 0 Å². The number of nitrogens with zero attached hydrogens (tertiary/aromatic N) is 2. The number of para-hydroxylation sites is 2. The highest BCUT2D eigenvalue weighted by molar-refractivity contribution is 5.95. The van der Waals surface area contributed by atoms with E-state index in [9.17, 15) is 4.79 Å². The van der Waals surface area contributed by atoms with Crippen LogP contribution in [0.1, 0.15) is 46.6 Å². The number of benzene rings is 4. The molecule has 0 saturated carbocycles. The average molecular weight is 462 g/mol. The molecule has 1 N–H and O–H groups in total. The van der Waals surface area contributed by atoms with Crippen molar-refractivity contribution in [1.82, 2.24) is 14.9 Å². The van der Waals surface area contributed by atoms with E-state index >= 15 is 0 Å². The van der Waals surface area contributed by atoms with Gasteiger partial charge in [0.05, 0.1) is 11.0 Å². The summed E-state index contributed by atoms with van der Waals surface area (Å²) in [7, 11) is 0. The summed E-state index contributed by atoms with van der Waals surface area (Å²) in [5, 5.41) is 5.59. The second-order valence-electron chi connectivity index (χ2n) is 9.17. The van der Waals surface area contributed by atoms with Gasteiger partial charge in [0.25, 0.3) is 5.91 Å². The largest absolute Gasteiger partial charge is 0.352 e. The Hall–Kier alpha value is -3.92. The predicted molar refractivity (Wildman–Crippen MR) is 144 cm³/mol. The molecule has 0 unspecified atom stereocenters. The van der Waals surface area contributed by atoms with Crippen LogP contribution in [0.2, 0.25) is 0 Å². The number of carbonyl (C=O) groups is 1. The van der Waals surface area contributed by atoms with Crippen molar-refractivity contribution < 1.29 is 4.79 Å². The van der Waals surface area contributed by atoms with Crippen LogP contribution in [0.25, 0.3) is 21.8 Å². The van der Waals surface area contributed by atoms with E-state index in [0.29, 0.717) is 6.54 Å². The molecule has 4 aromatic carbocycles. The Morgan fingerprint density at radius 3 is 2.49 bits per heavy atom. The molecule has 0 aliphatic heterocycles. The molecule has 5 aromatic rings. The number of hydrogen-bond acceptors (Lipinski definition) is 2. The molecule has 1 aromatic heterocycles. The van der Waals surface area contributed by atoms with Crippen molar-refractivity contribution in [2.24, 2.45) is 0 Å². The van der Waals surface area contributed by atoms with E-state index in [0.717, 1.165) is 54.7 Å². The van der Waals surface area contributed by atoms with E-state index in [1.165, 1.54) is 21.9 Å². The Morgan fingerprint density at radius 1 is 0.829 bits per heavy atom. The maximum absolute atomic E-state index is 12.4. The lowest BCUT2D eigenvalue weighted by Gasteiger charge is -2.11. The van der Waals surface area contributed by atoms with Gasteiger partial charge < -0.3 is 9.88 Å². The van der Waals surface area contributed by atoms with E-state index in [2.05, 4.69) is 76.6 Å². The number of imidazole rings is 1. The second kappa shape index (κ2) is 10.6. The Labute approximate surface area is 206 Å². The van der Waals surface area contributed by atoms with Crippen molar-refractivity contribution in [1.29, 1.82) is 0 Å². The van der Waals surface area contributed by atoms with Crippen LogP contribution in [0, 0.1) is 6.92 Å². The Morgan fingerprint density at radius 2 is 1.60 bits per heavy atom. The fourth-order valence-corrected chi connectivity index (χ4v) is 4.72. The van der Waals surface area contributed by atoms with Crippen molar-refractivity contribution in [3.05, 3.63) is 114 Å². The minimum Gasteiger partial charge on any atom is -0.352 e. The quantitative estimate of drug-likeness (QED) is 0.249. The summed E-state index contributed by atoms with van der Waals surface area (Å²) in [5.74, 6) is 1.14. The van der Waals surface area contributed by atoms with Crippen LogP contribution < -0.4 is 5.32 Å². The molecular formula is C31H31N3O. The topological polar surface area (TPSA) is 46.9 Å². The van der Waals surface area contributed by atoms with Crippen LogP contribution in [0.3, 0.4) is 0 Å². The van der Waals surface area contributed by atoms with Crippen LogP contribution in [-0.2, 0) is 13.0 Å². The third-order valence-electron chi connectivity index (χ3n) is 6.64. The SMILES string of the molecule is Cc1ccccc1C(=O)NCCCCCc1nc2ccccc2n1Cc1ccc2ccccc2c1. The first-order valence-corrected chi connectivity index (χ1v) is 12.4. The fraction of sp³-hybridized carbons (Fsp3) is 0.226. The highest BCUT2D eigenvalue weighted by Gasteiger charge is 2.12. The molecule has 1 amide bonds. The van der Waals surface area contributed by atoms with Crippen molar-refractivity contribution >= 4 is 27.7 Å². The molecule has 176 valence electrons. The Balaban J connectivity index is 1.21. The highest BCUT2D eigenvalue weighted by Crippen LogP contribution is 2.22. The second-order valence-corrected chi connectivity index (χ2v) is 9.17. The number of aryl methyl sites for hydroxylation is 2. The number of rotatable bonds is 9. The standard InChI is InChI=1S/C31H31N3O/c1-23-11-4-7-14-27(23)31(35)32-20-10-2-3-17-30-33-28-15-8-9-16-29(28)34(30)22-24-18-19-25-12-5-6-13-26(25)21-24/h4-9,11-16,18-19,21H,2-3,10,17,20,22H2,1H3,(H,32,35). The van der Waals surface area contributed by atoms with Crippen LogP contribution >= 0.6 is 0 Å². The molecule has 35 heavy (non-hydrogen) atoms. The number of aromatic nitrogens is 2. The first-order valence-electron chi connectivity index (χ1n) is 12.4. The molecule has 4 nitrogen and oxygen atoms in total. The van der Waals surface area contributed by atoms with E-state index in [1.54, 1.807) is 0 Å². The van der Waals surface area contributed by atoms with E-state index in [4.69, 9.17) is 4.98 Å². The summed E-state index contributed by atoms with van der Waals surface area (Å²) in [6.45, 7) is 3.48.